The smallest absolute Gasteiger partial charge is 0.393 e. The van der Waals surface area contributed by atoms with Gasteiger partial charge in [0.05, 0.1) is 6.42 Å². The predicted octanol–water partition coefficient (Wildman–Crippen LogP) is 2.57. The van der Waals surface area contributed by atoms with Crippen molar-refractivity contribution in [2.45, 2.75) is 38.1 Å². The summed E-state index contributed by atoms with van der Waals surface area (Å²) in [6.45, 7) is 0.710. The van der Waals surface area contributed by atoms with Crippen LogP contribution in [0.25, 0.3) is 11.6 Å². The van der Waals surface area contributed by atoms with Gasteiger partial charge in [-0.2, -0.15) is 18.0 Å². The number of benzene rings is 1. The Labute approximate surface area is 179 Å². The number of hydrogen-bond acceptors (Lipinski definition) is 8. The Morgan fingerprint density at radius 2 is 2.00 bits per heavy atom. The number of tetrazole rings is 1. The van der Waals surface area contributed by atoms with Crippen molar-refractivity contribution in [3.8, 4) is 17.3 Å². The minimum Gasteiger partial charge on any atom is -0.490 e. The third kappa shape index (κ3) is 5.34. The van der Waals surface area contributed by atoms with E-state index in [0.717, 1.165) is 4.80 Å². The van der Waals surface area contributed by atoms with Crippen LogP contribution in [0.3, 0.4) is 0 Å². The highest BCUT2D eigenvalue weighted by atomic mass is 19.4. The molecule has 170 valence electrons. The normalized spacial score (nSPS) is 15.2. The van der Waals surface area contributed by atoms with E-state index in [9.17, 15) is 18.0 Å². The lowest BCUT2D eigenvalue weighted by atomic mass is 10.1. The molecule has 0 saturated carbocycles. The number of para-hydroxylation sites is 1. The van der Waals surface area contributed by atoms with Crippen molar-refractivity contribution in [2.75, 3.05) is 18.0 Å². The fraction of sp³-hybridized carbons (Fsp3) is 0.421. The number of alkyl halides is 3. The number of ether oxygens (including phenoxy) is 1. The summed E-state index contributed by atoms with van der Waals surface area (Å²) in [5.41, 5.74) is 0.118. The molecule has 0 bridgehead atoms. The molecule has 0 aliphatic carbocycles. The number of piperidine rings is 1. The quantitative estimate of drug-likeness (QED) is 0.577. The lowest BCUT2D eigenvalue weighted by molar-refractivity contribution is -0.138. The second-order valence-electron chi connectivity index (χ2n) is 7.29. The molecule has 1 aromatic carbocycles. The van der Waals surface area contributed by atoms with Crippen LogP contribution >= 0.6 is 0 Å². The first kappa shape index (κ1) is 21.6. The molecular formula is C19H19F3N6O4. The van der Waals surface area contributed by atoms with Crippen LogP contribution in [0.1, 0.15) is 18.4 Å². The molecule has 2 aromatic heterocycles. The maximum absolute atomic E-state index is 12.8. The Morgan fingerprint density at radius 1 is 1.25 bits per heavy atom. The molecule has 10 nitrogen and oxygen atoms in total. The summed E-state index contributed by atoms with van der Waals surface area (Å²) in [6.07, 6.45) is -4.37. The Hall–Kier alpha value is -3.64. The summed E-state index contributed by atoms with van der Waals surface area (Å²) in [4.78, 5) is 13.6. The number of halogens is 3. The second-order valence-corrected chi connectivity index (χ2v) is 7.29. The first-order valence-electron chi connectivity index (χ1n) is 9.80. The van der Waals surface area contributed by atoms with Gasteiger partial charge in [-0.15, -0.1) is 10.2 Å². The van der Waals surface area contributed by atoms with Gasteiger partial charge in [-0.05, 0) is 11.3 Å². The molecule has 32 heavy (non-hydrogen) atoms. The number of carboxylic acid groups (broad SMARTS) is 1. The molecule has 0 amide bonds. The summed E-state index contributed by atoms with van der Waals surface area (Å²) >= 11 is 0. The van der Waals surface area contributed by atoms with Crippen LogP contribution < -0.4 is 9.64 Å². The van der Waals surface area contributed by atoms with Gasteiger partial charge in [0.15, 0.2) is 12.4 Å². The molecule has 0 radical (unpaired) electrons. The van der Waals surface area contributed by atoms with Crippen molar-refractivity contribution in [2.24, 2.45) is 0 Å². The molecule has 1 aliphatic rings. The summed E-state index contributed by atoms with van der Waals surface area (Å²) in [6, 6.07) is 7.83. The average molecular weight is 452 g/mol. The zero-order valence-electron chi connectivity index (χ0n) is 16.7. The van der Waals surface area contributed by atoms with E-state index in [1.54, 1.807) is 24.3 Å². The summed E-state index contributed by atoms with van der Waals surface area (Å²) in [5, 5.41) is 24.1. The standard InChI is InChI=1S/C19H19F3N6O4/c20-19(21,22)10-12-3-1-2-4-14(12)31-13-5-7-27(8-6-13)16-9-15(32-25-16)18-23-26-28(24-18)11-17(29)30/h1-4,9,13H,5-8,10-11H2,(H,29,30). The second kappa shape index (κ2) is 8.85. The highest BCUT2D eigenvalue weighted by molar-refractivity contribution is 5.66. The van der Waals surface area contributed by atoms with Crippen molar-refractivity contribution in [3.63, 3.8) is 0 Å². The third-order valence-electron chi connectivity index (χ3n) is 4.87. The number of nitrogens with zero attached hydrogens (tertiary/aromatic N) is 6. The molecule has 1 saturated heterocycles. The van der Waals surface area contributed by atoms with Crippen LogP contribution in [0.2, 0.25) is 0 Å². The van der Waals surface area contributed by atoms with Crippen molar-refractivity contribution in [1.29, 1.82) is 0 Å². The van der Waals surface area contributed by atoms with Gasteiger partial charge in [-0.3, -0.25) is 4.79 Å². The Kier molecular flexibility index (Phi) is 5.97. The van der Waals surface area contributed by atoms with E-state index in [0.29, 0.717) is 31.7 Å². The van der Waals surface area contributed by atoms with E-state index in [1.807, 2.05) is 4.90 Å². The Morgan fingerprint density at radius 3 is 2.72 bits per heavy atom. The van der Waals surface area contributed by atoms with Crippen LogP contribution in [0, 0.1) is 0 Å². The zero-order valence-corrected chi connectivity index (χ0v) is 16.7. The van der Waals surface area contributed by atoms with E-state index in [4.69, 9.17) is 14.4 Å². The van der Waals surface area contributed by atoms with Crippen molar-refractivity contribution in [1.82, 2.24) is 25.4 Å². The number of carbonyl (C=O) groups is 1. The van der Waals surface area contributed by atoms with Gasteiger partial charge in [-0.1, -0.05) is 23.4 Å². The van der Waals surface area contributed by atoms with Crippen molar-refractivity contribution in [3.05, 3.63) is 35.9 Å². The molecule has 0 atom stereocenters. The molecule has 4 rings (SSSR count). The Bertz CT molecular complexity index is 1070. The molecule has 1 N–H and O–H groups in total. The Balaban J connectivity index is 1.35. The maximum atomic E-state index is 12.8. The minimum atomic E-state index is -4.30. The van der Waals surface area contributed by atoms with Crippen LogP contribution in [0.4, 0.5) is 19.0 Å². The van der Waals surface area contributed by atoms with E-state index >= 15 is 0 Å². The number of aromatic nitrogens is 5. The van der Waals surface area contributed by atoms with E-state index in [-0.39, 0.29) is 29.0 Å². The molecule has 13 heteroatoms. The first-order chi connectivity index (χ1) is 15.3. The fourth-order valence-corrected chi connectivity index (χ4v) is 3.41. The van der Waals surface area contributed by atoms with Crippen LogP contribution in [0.5, 0.6) is 5.75 Å². The van der Waals surface area contributed by atoms with Gasteiger partial charge >= 0.3 is 12.1 Å². The minimum absolute atomic E-state index is 0.115. The number of rotatable bonds is 7. The zero-order chi connectivity index (χ0) is 22.7. The fourth-order valence-electron chi connectivity index (χ4n) is 3.41. The number of hydrogen-bond donors (Lipinski definition) is 1. The molecule has 1 fully saturated rings. The molecule has 3 aromatic rings. The highest BCUT2D eigenvalue weighted by Gasteiger charge is 2.30. The van der Waals surface area contributed by atoms with Gasteiger partial charge < -0.3 is 19.3 Å². The molecule has 0 spiro atoms. The molecule has 1 aliphatic heterocycles. The number of anilines is 1. The summed E-state index contributed by atoms with van der Waals surface area (Å²) in [7, 11) is 0. The molecular weight excluding hydrogens is 433 g/mol. The highest BCUT2D eigenvalue weighted by Crippen LogP contribution is 2.30. The lowest BCUT2D eigenvalue weighted by Gasteiger charge is -2.32. The largest absolute Gasteiger partial charge is 0.490 e. The van der Waals surface area contributed by atoms with Gasteiger partial charge in [0.2, 0.25) is 11.6 Å². The van der Waals surface area contributed by atoms with Gasteiger partial charge in [0.1, 0.15) is 11.9 Å². The average Bonchev–Trinajstić information content (AvgIpc) is 3.38. The van der Waals surface area contributed by atoms with Crippen LogP contribution in [0.15, 0.2) is 34.9 Å². The van der Waals surface area contributed by atoms with Gasteiger partial charge in [0, 0.05) is 37.6 Å². The predicted molar refractivity (Wildman–Crippen MR) is 103 cm³/mol. The number of carboxylic acids is 1. The van der Waals surface area contributed by atoms with E-state index < -0.39 is 25.1 Å². The SMILES string of the molecule is O=C(O)Cn1nnc(-c2cc(N3CCC(Oc4ccccc4CC(F)(F)F)CC3)no2)n1. The first-order valence-corrected chi connectivity index (χ1v) is 9.80. The third-order valence-corrected chi connectivity index (χ3v) is 4.87. The maximum Gasteiger partial charge on any atom is 0.393 e. The number of aliphatic carboxylic acids is 1. The lowest BCUT2D eigenvalue weighted by Crippen LogP contribution is -2.38. The molecule has 3 heterocycles. The van der Waals surface area contributed by atoms with E-state index in [2.05, 4.69) is 20.6 Å². The van der Waals surface area contributed by atoms with E-state index in [1.165, 1.54) is 6.07 Å². The summed E-state index contributed by atoms with van der Waals surface area (Å²) < 4.78 is 49.5. The van der Waals surface area contributed by atoms with Crippen molar-refractivity contribution < 1.29 is 32.3 Å². The van der Waals surface area contributed by atoms with Crippen molar-refractivity contribution >= 4 is 11.8 Å². The molecule has 0 unspecified atom stereocenters. The monoisotopic (exact) mass is 452 g/mol. The van der Waals surface area contributed by atoms with Crippen LogP contribution in [-0.4, -0.2) is 61.8 Å². The summed E-state index contributed by atoms with van der Waals surface area (Å²) in [5.74, 6) is 0.0620. The van der Waals surface area contributed by atoms with Gasteiger partial charge in [-0.25, -0.2) is 0 Å². The van der Waals surface area contributed by atoms with Gasteiger partial charge in [0.25, 0.3) is 0 Å². The van der Waals surface area contributed by atoms with Crippen LogP contribution in [-0.2, 0) is 17.8 Å². The topological polar surface area (TPSA) is 119 Å².